The predicted molar refractivity (Wildman–Crippen MR) is 84.3 cm³/mol. The monoisotopic (exact) mass is 316 g/mol. The minimum atomic E-state index is -0.530. The van der Waals surface area contributed by atoms with Crippen LogP contribution in [0.1, 0.15) is 23.2 Å². The number of amides is 1. The Bertz CT molecular complexity index is 845. The number of likely N-dealkylation sites (tertiary alicyclic amines) is 1. The highest BCUT2D eigenvalue weighted by Gasteiger charge is 2.29. The van der Waals surface area contributed by atoms with Crippen LogP contribution in [0.4, 0.5) is 5.69 Å². The van der Waals surface area contributed by atoms with E-state index in [9.17, 15) is 19.7 Å². The first-order valence-electron chi connectivity index (χ1n) is 7.34. The summed E-state index contributed by atoms with van der Waals surface area (Å²) in [5, 5.41) is 11.3. The SMILES string of the molecule is NCC1CCCN1C(=O)c1cc(=O)[nH]c2ccc([N+](=O)[O-])cc12. The van der Waals surface area contributed by atoms with Crippen LogP contribution < -0.4 is 11.3 Å². The van der Waals surface area contributed by atoms with Crippen molar-refractivity contribution >= 4 is 22.5 Å². The smallest absolute Gasteiger partial charge is 0.270 e. The number of fused-ring (bicyclic) bond motifs is 1. The molecule has 1 fully saturated rings. The quantitative estimate of drug-likeness (QED) is 0.646. The van der Waals surface area contributed by atoms with Crippen LogP contribution in [0.15, 0.2) is 29.1 Å². The van der Waals surface area contributed by atoms with Crippen LogP contribution >= 0.6 is 0 Å². The van der Waals surface area contributed by atoms with Crippen LogP contribution in [0.25, 0.3) is 10.9 Å². The zero-order valence-electron chi connectivity index (χ0n) is 12.3. The van der Waals surface area contributed by atoms with Gasteiger partial charge in [-0.1, -0.05) is 0 Å². The van der Waals surface area contributed by atoms with Gasteiger partial charge in [0.05, 0.1) is 10.5 Å². The standard InChI is InChI=1S/C15H16N4O4/c16-8-10-2-1-5-18(10)15(21)12-7-14(20)17-13-4-3-9(19(22)23)6-11(12)13/h3-4,6-7,10H,1-2,5,8,16H2,(H,17,20). The number of pyridine rings is 1. The number of H-pyrrole nitrogens is 1. The zero-order chi connectivity index (χ0) is 16.6. The molecule has 3 N–H and O–H groups in total. The minimum Gasteiger partial charge on any atom is -0.334 e. The van der Waals surface area contributed by atoms with E-state index >= 15 is 0 Å². The zero-order valence-corrected chi connectivity index (χ0v) is 12.3. The van der Waals surface area contributed by atoms with Crippen molar-refractivity contribution in [2.24, 2.45) is 5.73 Å². The van der Waals surface area contributed by atoms with Gasteiger partial charge in [0.2, 0.25) is 5.56 Å². The van der Waals surface area contributed by atoms with Crippen LogP contribution in [-0.2, 0) is 0 Å². The molecular weight excluding hydrogens is 300 g/mol. The molecule has 8 nitrogen and oxygen atoms in total. The van der Waals surface area contributed by atoms with E-state index in [1.165, 1.54) is 24.3 Å². The van der Waals surface area contributed by atoms with Gasteiger partial charge < -0.3 is 15.6 Å². The molecule has 8 heteroatoms. The molecule has 0 saturated carbocycles. The maximum absolute atomic E-state index is 12.8. The number of rotatable bonds is 3. The fourth-order valence-corrected chi connectivity index (χ4v) is 3.04. The summed E-state index contributed by atoms with van der Waals surface area (Å²) in [4.78, 5) is 39.3. The Labute approximate surface area is 131 Å². The van der Waals surface area contributed by atoms with E-state index in [-0.39, 0.29) is 23.2 Å². The number of hydrogen-bond acceptors (Lipinski definition) is 5. The lowest BCUT2D eigenvalue weighted by Crippen LogP contribution is -2.40. The van der Waals surface area contributed by atoms with Crippen molar-refractivity contribution in [2.45, 2.75) is 18.9 Å². The number of nitrogens with one attached hydrogen (secondary N) is 1. The Morgan fingerprint density at radius 3 is 2.91 bits per heavy atom. The Morgan fingerprint density at radius 1 is 1.43 bits per heavy atom. The molecular formula is C15H16N4O4. The second-order valence-corrected chi connectivity index (χ2v) is 5.56. The molecule has 1 aromatic heterocycles. The largest absolute Gasteiger partial charge is 0.334 e. The van der Waals surface area contributed by atoms with Crippen LogP contribution in [-0.4, -0.2) is 39.8 Å². The minimum absolute atomic E-state index is 0.0597. The molecule has 0 radical (unpaired) electrons. The third kappa shape index (κ3) is 2.68. The molecule has 1 aliphatic heterocycles. The molecule has 1 aliphatic rings. The predicted octanol–water partition coefficient (Wildman–Crippen LogP) is 1.000. The van der Waals surface area contributed by atoms with Gasteiger partial charge in [-0.15, -0.1) is 0 Å². The van der Waals surface area contributed by atoms with E-state index in [0.717, 1.165) is 12.8 Å². The maximum Gasteiger partial charge on any atom is 0.270 e. The molecule has 2 heterocycles. The van der Waals surface area contributed by atoms with Crippen LogP contribution in [0.2, 0.25) is 0 Å². The Morgan fingerprint density at radius 2 is 2.22 bits per heavy atom. The average Bonchev–Trinajstić information content (AvgIpc) is 3.01. The van der Waals surface area contributed by atoms with Gasteiger partial charge in [0.1, 0.15) is 0 Å². The summed E-state index contributed by atoms with van der Waals surface area (Å²) in [7, 11) is 0. The van der Waals surface area contributed by atoms with Crippen molar-refractivity contribution < 1.29 is 9.72 Å². The lowest BCUT2D eigenvalue weighted by Gasteiger charge is -2.24. The number of aromatic amines is 1. The van der Waals surface area contributed by atoms with E-state index in [2.05, 4.69) is 4.98 Å². The summed E-state index contributed by atoms with van der Waals surface area (Å²) in [6, 6.07) is 5.18. The molecule has 0 aliphatic carbocycles. The second kappa shape index (κ2) is 5.81. The molecule has 2 aromatic rings. The molecule has 1 atom stereocenters. The molecule has 0 bridgehead atoms. The van der Waals surface area contributed by atoms with E-state index < -0.39 is 10.5 Å². The fourth-order valence-electron chi connectivity index (χ4n) is 3.04. The van der Waals surface area contributed by atoms with Crippen LogP contribution in [0.3, 0.4) is 0 Å². The van der Waals surface area contributed by atoms with E-state index in [1.54, 1.807) is 4.90 Å². The first-order chi connectivity index (χ1) is 11.0. The maximum atomic E-state index is 12.8. The van der Waals surface area contributed by atoms with Gasteiger partial charge in [-0.2, -0.15) is 0 Å². The Kier molecular flexibility index (Phi) is 3.83. The Hall–Kier alpha value is -2.74. The average molecular weight is 316 g/mol. The number of nitrogens with two attached hydrogens (primary N) is 1. The first kappa shape index (κ1) is 15.2. The number of aromatic nitrogens is 1. The molecule has 1 unspecified atom stereocenters. The highest BCUT2D eigenvalue weighted by atomic mass is 16.6. The first-order valence-corrected chi connectivity index (χ1v) is 7.34. The topological polar surface area (TPSA) is 122 Å². The van der Waals surface area contributed by atoms with Gasteiger partial charge in [0.25, 0.3) is 11.6 Å². The van der Waals surface area contributed by atoms with Crippen molar-refractivity contribution in [2.75, 3.05) is 13.1 Å². The van der Waals surface area contributed by atoms with Gasteiger partial charge in [-0.05, 0) is 18.9 Å². The van der Waals surface area contributed by atoms with E-state index in [4.69, 9.17) is 5.73 Å². The van der Waals surface area contributed by atoms with Crippen LogP contribution in [0.5, 0.6) is 0 Å². The summed E-state index contributed by atoms with van der Waals surface area (Å²) in [6.45, 7) is 0.928. The molecule has 23 heavy (non-hydrogen) atoms. The number of carbonyl (C=O) groups excluding carboxylic acids is 1. The van der Waals surface area contributed by atoms with E-state index in [1.807, 2.05) is 0 Å². The van der Waals surface area contributed by atoms with Gasteiger partial charge in [-0.25, -0.2) is 0 Å². The number of non-ortho nitro benzene ring substituents is 1. The van der Waals surface area contributed by atoms with Gasteiger partial charge >= 0.3 is 0 Å². The van der Waals surface area contributed by atoms with Crippen molar-refractivity contribution in [3.63, 3.8) is 0 Å². The number of nitro benzene ring substituents is 1. The van der Waals surface area contributed by atoms with Crippen molar-refractivity contribution in [3.8, 4) is 0 Å². The third-order valence-electron chi connectivity index (χ3n) is 4.18. The van der Waals surface area contributed by atoms with Crippen LogP contribution in [0, 0.1) is 10.1 Å². The number of hydrogen-bond donors (Lipinski definition) is 2. The molecule has 1 saturated heterocycles. The third-order valence-corrected chi connectivity index (χ3v) is 4.18. The lowest BCUT2D eigenvalue weighted by molar-refractivity contribution is -0.384. The normalized spacial score (nSPS) is 17.6. The highest BCUT2D eigenvalue weighted by molar-refractivity contribution is 6.06. The molecule has 1 amide bonds. The van der Waals surface area contributed by atoms with Crippen molar-refractivity contribution in [1.82, 2.24) is 9.88 Å². The lowest BCUT2D eigenvalue weighted by atomic mass is 10.1. The summed E-state index contributed by atoms with van der Waals surface area (Å²) < 4.78 is 0. The Balaban J connectivity index is 2.15. The summed E-state index contributed by atoms with van der Waals surface area (Å²) in [6.07, 6.45) is 1.68. The summed E-state index contributed by atoms with van der Waals surface area (Å²) >= 11 is 0. The molecule has 120 valence electrons. The number of benzene rings is 1. The molecule has 3 rings (SSSR count). The summed E-state index contributed by atoms with van der Waals surface area (Å²) in [5.41, 5.74) is 5.72. The van der Waals surface area contributed by atoms with Gasteiger partial charge in [-0.3, -0.25) is 19.7 Å². The van der Waals surface area contributed by atoms with Gasteiger partial charge in [0, 0.05) is 48.2 Å². The molecule has 1 aromatic carbocycles. The number of nitrogens with zero attached hydrogens (tertiary/aromatic N) is 2. The second-order valence-electron chi connectivity index (χ2n) is 5.56. The number of nitro groups is 1. The highest BCUT2D eigenvalue weighted by Crippen LogP contribution is 2.25. The fraction of sp³-hybridized carbons (Fsp3) is 0.333. The van der Waals surface area contributed by atoms with Crippen molar-refractivity contribution in [3.05, 3.63) is 50.3 Å². The van der Waals surface area contributed by atoms with Gasteiger partial charge in [0.15, 0.2) is 0 Å². The number of carbonyl (C=O) groups is 1. The molecule has 0 spiro atoms. The summed E-state index contributed by atoms with van der Waals surface area (Å²) in [5.74, 6) is -0.311. The van der Waals surface area contributed by atoms with Crippen molar-refractivity contribution in [1.29, 1.82) is 0 Å². The van der Waals surface area contributed by atoms with E-state index in [0.29, 0.717) is 24.0 Å².